The molecule has 0 amide bonds. The van der Waals surface area contributed by atoms with E-state index in [2.05, 4.69) is 37.3 Å². The highest BCUT2D eigenvalue weighted by molar-refractivity contribution is 5.73. The third kappa shape index (κ3) is 4.32. The second kappa shape index (κ2) is 9.13. The van der Waals surface area contributed by atoms with E-state index in [0.29, 0.717) is 24.8 Å². The molecule has 0 aliphatic heterocycles. The summed E-state index contributed by atoms with van der Waals surface area (Å²) in [6.07, 6.45) is 7.27. The Morgan fingerprint density at radius 2 is 1.58 bits per heavy atom. The minimum absolute atomic E-state index is 0.0209. The lowest BCUT2D eigenvalue weighted by molar-refractivity contribution is 0.501. The van der Waals surface area contributed by atoms with Gasteiger partial charge in [0.15, 0.2) is 11.6 Å². The average Bonchev–Trinajstić information content (AvgIpc) is 2.79. The summed E-state index contributed by atoms with van der Waals surface area (Å²) in [6, 6.07) is 14.8. The smallest absolute Gasteiger partial charge is 0.167 e. The van der Waals surface area contributed by atoms with Gasteiger partial charge < -0.3 is 0 Å². The lowest BCUT2D eigenvalue weighted by Crippen LogP contribution is -2.05. The van der Waals surface area contributed by atoms with Gasteiger partial charge in [-0.15, -0.1) is 0 Å². The summed E-state index contributed by atoms with van der Waals surface area (Å²) in [7, 11) is 0. The lowest BCUT2D eigenvalue weighted by atomic mass is 9.85. The molecule has 0 nitrogen and oxygen atoms in total. The molecule has 0 unspecified atom stereocenters. The molecule has 31 heavy (non-hydrogen) atoms. The first-order valence-electron chi connectivity index (χ1n) is 11.1. The standard InChI is InChI=1S/C28H27F3/c1-3-5-6-18-7-9-20(10-8-18)21-11-12-22-16-25(26(29)17-23(22)15-21)24-14-13-19(4-2)27(30)28(24)31/h7-11,13-14,16-17H,3-6,12,15H2,1-2H3. The van der Waals surface area contributed by atoms with E-state index in [4.69, 9.17) is 0 Å². The summed E-state index contributed by atoms with van der Waals surface area (Å²) in [5, 5.41) is 0. The number of hydrogen-bond donors (Lipinski definition) is 0. The van der Waals surface area contributed by atoms with Crippen molar-refractivity contribution in [2.75, 3.05) is 0 Å². The van der Waals surface area contributed by atoms with Crippen LogP contribution in [0.3, 0.4) is 0 Å². The normalized spacial score (nSPS) is 13.1. The molecule has 0 saturated heterocycles. The van der Waals surface area contributed by atoms with Crippen molar-refractivity contribution >= 4 is 5.57 Å². The number of aryl methyl sites for hydroxylation is 2. The van der Waals surface area contributed by atoms with E-state index in [1.807, 2.05) is 0 Å². The van der Waals surface area contributed by atoms with Gasteiger partial charge in [-0.25, -0.2) is 13.2 Å². The van der Waals surface area contributed by atoms with Gasteiger partial charge in [-0.1, -0.05) is 62.7 Å². The van der Waals surface area contributed by atoms with E-state index in [1.54, 1.807) is 13.0 Å². The van der Waals surface area contributed by atoms with Crippen LogP contribution in [0.5, 0.6) is 0 Å². The second-order valence-corrected chi connectivity index (χ2v) is 8.27. The molecule has 0 heterocycles. The maximum atomic E-state index is 14.9. The Kier molecular flexibility index (Phi) is 6.31. The van der Waals surface area contributed by atoms with Crippen LogP contribution >= 0.6 is 0 Å². The van der Waals surface area contributed by atoms with E-state index >= 15 is 0 Å². The third-order valence-corrected chi connectivity index (χ3v) is 6.22. The molecule has 3 aromatic carbocycles. The van der Waals surface area contributed by atoms with Gasteiger partial charge in [-0.2, -0.15) is 0 Å². The minimum Gasteiger partial charge on any atom is -0.206 e. The molecular weight excluding hydrogens is 393 g/mol. The van der Waals surface area contributed by atoms with Crippen molar-refractivity contribution in [1.82, 2.24) is 0 Å². The third-order valence-electron chi connectivity index (χ3n) is 6.22. The number of allylic oxidation sites excluding steroid dienone is 2. The molecule has 0 radical (unpaired) electrons. The van der Waals surface area contributed by atoms with Gasteiger partial charge in [0, 0.05) is 11.1 Å². The van der Waals surface area contributed by atoms with Crippen molar-refractivity contribution in [2.45, 2.75) is 52.4 Å². The van der Waals surface area contributed by atoms with Gasteiger partial charge in [0.2, 0.25) is 0 Å². The maximum absolute atomic E-state index is 14.9. The topological polar surface area (TPSA) is 0 Å². The van der Waals surface area contributed by atoms with Crippen molar-refractivity contribution in [1.29, 1.82) is 0 Å². The molecule has 1 aliphatic carbocycles. The second-order valence-electron chi connectivity index (χ2n) is 8.27. The van der Waals surface area contributed by atoms with Gasteiger partial charge in [-0.3, -0.25) is 0 Å². The summed E-state index contributed by atoms with van der Waals surface area (Å²) in [5.74, 6) is -2.38. The van der Waals surface area contributed by atoms with Crippen LogP contribution in [0.1, 0.15) is 54.5 Å². The van der Waals surface area contributed by atoms with Crippen LogP contribution < -0.4 is 0 Å². The summed E-state index contributed by atoms with van der Waals surface area (Å²) in [6.45, 7) is 3.95. The molecule has 3 heteroatoms. The zero-order valence-electron chi connectivity index (χ0n) is 18.1. The van der Waals surface area contributed by atoms with E-state index in [1.165, 1.54) is 42.2 Å². The molecule has 1 aliphatic rings. The molecule has 0 aromatic heterocycles. The highest BCUT2D eigenvalue weighted by Gasteiger charge is 2.20. The van der Waals surface area contributed by atoms with Gasteiger partial charge in [-0.05, 0) is 77.6 Å². The zero-order valence-corrected chi connectivity index (χ0v) is 18.1. The molecule has 3 aromatic rings. The van der Waals surface area contributed by atoms with Gasteiger partial charge in [0.1, 0.15) is 5.82 Å². The number of unbranched alkanes of at least 4 members (excludes halogenated alkanes) is 1. The average molecular weight is 421 g/mol. The summed E-state index contributed by atoms with van der Waals surface area (Å²) in [5.41, 5.74) is 5.92. The number of halogens is 3. The van der Waals surface area contributed by atoms with Crippen LogP contribution in [0.2, 0.25) is 0 Å². The van der Waals surface area contributed by atoms with Crippen molar-refractivity contribution in [2.24, 2.45) is 0 Å². The summed E-state index contributed by atoms with van der Waals surface area (Å²) < 4.78 is 43.8. The number of rotatable bonds is 6. The Bertz CT molecular complexity index is 1120. The number of fused-ring (bicyclic) bond motifs is 1. The first kappa shape index (κ1) is 21.4. The first-order valence-corrected chi connectivity index (χ1v) is 11.1. The molecule has 0 bridgehead atoms. The Labute approximate surface area is 182 Å². The Morgan fingerprint density at radius 3 is 2.29 bits per heavy atom. The van der Waals surface area contributed by atoms with E-state index in [9.17, 15) is 13.2 Å². The van der Waals surface area contributed by atoms with Crippen molar-refractivity contribution < 1.29 is 13.2 Å². The number of hydrogen-bond acceptors (Lipinski definition) is 0. The van der Waals surface area contributed by atoms with Gasteiger partial charge >= 0.3 is 0 Å². The summed E-state index contributed by atoms with van der Waals surface area (Å²) in [4.78, 5) is 0. The fraction of sp³-hybridized carbons (Fsp3) is 0.286. The van der Waals surface area contributed by atoms with Gasteiger partial charge in [0.05, 0.1) is 0 Å². The molecule has 4 rings (SSSR count). The van der Waals surface area contributed by atoms with E-state index in [-0.39, 0.29) is 11.1 Å². The van der Waals surface area contributed by atoms with Crippen molar-refractivity contribution in [3.8, 4) is 11.1 Å². The Morgan fingerprint density at radius 1 is 0.806 bits per heavy atom. The molecule has 0 saturated carbocycles. The molecule has 160 valence electrons. The van der Waals surface area contributed by atoms with Crippen molar-refractivity contribution in [3.63, 3.8) is 0 Å². The summed E-state index contributed by atoms with van der Waals surface area (Å²) >= 11 is 0. The Hall–Kier alpha value is -2.81. The predicted octanol–water partition coefficient (Wildman–Crippen LogP) is 7.86. The highest BCUT2D eigenvalue weighted by Crippen LogP contribution is 2.35. The predicted molar refractivity (Wildman–Crippen MR) is 122 cm³/mol. The first-order chi connectivity index (χ1) is 15.0. The van der Waals surface area contributed by atoms with Crippen LogP contribution in [0.15, 0.2) is 54.6 Å². The van der Waals surface area contributed by atoms with E-state index in [0.717, 1.165) is 23.1 Å². The minimum atomic E-state index is -0.978. The maximum Gasteiger partial charge on any atom is 0.167 e. The quantitative estimate of drug-likeness (QED) is 0.381. The molecule has 0 atom stereocenters. The fourth-order valence-electron chi connectivity index (χ4n) is 4.29. The Balaban J connectivity index is 1.61. The molecule has 0 spiro atoms. The van der Waals surface area contributed by atoms with Crippen LogP contribution in [0.25, 0.3) is 16.7 Å². The molecule has 0 fully saturated rings. The van der Waals surface area contributed by atoms with Gasteiger partial charge in [0.25, 0.3) is 0 Å². The highest BCUT2D eigenvalue weighted by atomic mass is 19.2. The number of benzene rings is 3. The fourth-order valence-corrected chi connectivity index (χ4v) is 4.29. The molecule has 0 N–H and O–H groups in total. The van der Waals surface area contributed by atoms with Crippen LogP contribution in [0, 0.1) is 17.5 Å². The van der Waals surface area contributed by atoms with Crippen LogP contribution in [-0.2, 0) is 25.7 Å². The SMILES string of the molecule is CCCCc1ccc(C2=CCc3cc(-c4ccc(CC)c(F)c4F)c(F)cc3C2)cc1. The zero-order chi connectivity index (χ0) is 22.0. The van der Waals surface area contributed by atoms with E-state index < -0.39 is 17.5 Å². The van der Waals surface area contributed by atoms with Crippen LogP contribution in [-0.4, -0.2) is 0 Å². The van der Waals surface area contributed by atoms with Crippen LogP contribution in [0.4, 0.5) is 13.2 Å². The van der Waals surface area contributed by atoms with Crippen molar-refractivity contribution in [3.05, 3.63) is 99.9 Å². The molecular formula is C28H27F3. The lowest BCUT2D eigenvalue weighted by Gasteiger charge is -2.20. The largest absolute Gasteiger partial charge is 0.206 e. The monoisotopic (exact) mass is 420 g/mol.